The fourth-order valence-electron chi connectivity index (χ4n) is 1.80. The maximum absolute atomic E-state index is 13.4. The predicted molar refractivity (Wildman–Crippen MR) is 79.9 cm³/mol. The number of pyridine rings is 2. The smallest absolute Gasteiger partial charge is 0.259 e. The highest BCUT2D eigenvalue weighted by molar-refractivity contribution is 6.07. The van der Waals surface area contributed by atoms with Crippen LogP contribution >= 0.6 is 0 Å². The lowest BCUT2D eigenvalue weighted by molar-refractivity contribution is 0.102. The van der Waals surface area contributed by atoms with Gasteiger partial charge < -0.3 is 10.6 Å². The fraction of sp³-hybridized carbons (Fsp3) is 0.267. The maximum Gasteiger partial charge on any atom is 0.259 e. The van der Waals surface area contributed by atoms with Gasteiger partial charge in [0.2, 0.25) is 0 Å². The minimum absolute atomic E-state index is 0.180. The van der Waals surface area contributed by atoms with E-state index in [-0.39, 0.29) is 5.56 Å². The minimum atomic E-state index is -0.548. The molecule has 0 aliphatic rings. The van der Waals surface area contributed by atoms with Gasteiger partial charge in [-0.3, -0.25) is 9.78 Å². The summed E-state index contributed by atoms with van der Waals surface area (Å²) in [5, 5.41) is 5.77. The van der Waals surface area contributed by atoms with Gasteiger partial charge in [0.15, 0.2) is 0 Å². The van der Waals surface area contributed by atoms with Crippen LogP contribution in [-0.2, 0) is 0 Å². The number of nitrogens with one attached hydrogen (secondary N) is 2. The van der Waals surface area contributed by atoms with Crippen LogP contribution in [0, 0.1) is 12.7 Å². The molecule has 2 rings (SSSR count). The first-order chi connectivity index (χ1) is 10.1. The molecule has 0 saturated carbocycles. The normalized spacial score (nSPS) is 10.2. The van der Waals surface area contributed by atoms with Crippen molar-refractivity contribution in [3.05, 3.63) is 47.7 Å². The van der Waals surface area contributed by atoms with Crippen LogP contribution in [0.15, 0.2) is 30.7 Å². The molecule has 0 bridgehead atoms. The van der Waals surface area contributed by atoms with Gasteiger partial charge in [-0.2, -0.15) is 0 Å². The van der Waals surface area contributed by atoms with Crippen LogP contribution in [0.5, 0.6) is 0 Å². The van der Waals surface area contributed by atoms with Crippen molar-refractivity contribution < 1.29 is 9.18 Å². The van der Waals surface area contributed by atoms with E-state index in [0.717, 1.165) is 18.2 Å². The second-order valence-corrected chi connectivity index (χ2v) is 4.62. The van der Waals surface area contributed by atoms with Crippen LogP contribution in [0.1, 0.15) is 29.3 Å². The van der Waals surface area contributed by atoms with Gasteiger partial charge in [-0.15, -0.1) is 0 Å². The summed E-state index contributed by atoms with van der Waals surface area (Å²) in [5.41, 5.74) is 1.65. The summed E-state index contributed by atoms with van der Waals surface area (Å²) in [6, 6.07) is 2.87. The second-order valence-electron chi connectivity index (χ2n) is 4.62. The van der Waals surface area contributed by atoms with Gasteiger partial charge in [0, 0.05) is 24.6 Å². The Kier molecular flexibility index (Phi) is 4.81. The molecule has 0 saturated heterocycles. The summed E-state index contributed by atoms with van der Waals surface area (Å²) in [4.78, 5) is 20.2. The number of halogens is 1. The van der Waals surface area contributed by atoms with E-state index >= 15 is 0 Å². The molecule has 2 aromatic rings. The van der Waals surface area contributed by atoms with Crippen LogP contribution in [0.4, 0.5) is 15.9 Å². The quantitative estimate of drug-likeness (QED) is 0.887. The Morgan fingerprint density at radius 3 is 2.90 bits per heavy atom. The van der Waals surface area contributed by atoms with E-state index < -0.39 is 11.7 Å². The van der Waals surface area contributed by atoms with Gasteiger partial charge in [-0.1, -0.05) is 6.92 Å². The average Bonchev–Trinajstić information content (AvgIpc) is 2.48. The summed E-state index contributed by atoms with van der Waals surface area (Å²) in [6.07, 6.45) is 5.20. The van der Waals surface area contributed by atoms with E-state index in [1.54, 1.807) is 18.5 Å². The third-order valence-corrected chi connectivity index (χ3v) is 2.91. The summed E-state index contributed by atoms with van der Waals surface area (Å²) in [5.74, 6) is -0.578. The van der Waals surface area contributed by atoms with E-state index in [4.69, 9.17) is 0 Å². The number of hydrogen-bond donors (Lipinski definition) is 2. The van der Waals surface area contributed by atoms with Gasteiger partial charge in [-0.25, -0.2) is 9.37 Å². The van der Waals surface area contributed by atoms with Crippen molar-refractivity contribution in [2.45, 2.75) is 20.3 Å². The second kappa shape index (κ2) is 6.78. The molecule has 2 aromatic heterocycles. The maximum atomic E-state index is 13.4. The Labute approximate surface area is 122 Å². The van der Waals surface area contributed by atoms with Crippen molar-refractivity contribution in [3.63, 3.8) is 0 Å². The fourth-order valence-corrected chi connectivity index (χ4v) is 1.80. The molecule has 0 aliphatic heterocycles. The molecule has 1 amide bonds. The van der Waals surface area contributed by atoms with E-state index in [0.29, 0.717) is 18.1 Å². The SMILES string of the molecule is CCCNc1ncc(F)cc1C(=O)Nc1ccncc1C. The lowest BCUT2D eigenvalue weighted by Gasteiger charge is -2.12. The molecule has 0 atom stereocenters. The first kappa shape index (κ1) is 14.9. The molecular formula is C15H17FN4O. The Balaban J connectivity index is 2.25. The number of carbonyl (C=O) groups excluding carboxylic acids is 1. The first-order valence-corrected chi connectivity index (χ1v) is 6.73. The predicted octanol–water partition coefficient (Wildman–Crippen LogP) is 3.00. The highest BCUT2D eigenvalue weighted by Crippen LogP contribution is 2.18. The van der Waals surface area contributed by atoms with Gasteiger partial charge in [0.1, 0.15) is 11.6 Å². The number of hydrogen-bond acceptors (Lipinski definition) is 4. The molecular weight excluding hydrogens is 271 g/mol. The molecule has 0 aliphatic carbocycles. The zero-order valence-corrected chi connectivity index (χ0v) is 12.0. The van der Waals surface area contributed by atoms with Gasteiger partial charge >= 0.3 is 0 Å². The highest BCUT2D eigenvalue weighted by Gasteiger charge is 2.15. The lowest BCUT2D eigenvalue weighted by Crippen LogP contribution is -2.17. The van der Waals surface area contributed by atoms with Crippen LogP contribution in [0.25, 0.3) is 0 Å². The van der Waals surface area contributed by atoms with Crippen molar-refractivity contribution >= 4 is 17.4 Å². The summed E-state index contributed by atoms with van der Waals surface area (Å²) >= 11 is 0. The molecule has 0 fully saturated rings. The number of anilines is 2. The summed E-state index contributed by atoms with van der Waals surface area (Å²) in [7, 11) is 0. The van der Waals surface area contributed by atoms with Crippen molar-refractivity contribution in [2.24, 2.45) is 0 Å². The molecule has 5 nitrogen and oxygen atoms in total. The molecule has 21 heavy (non-hydrogen) atoms. The van der Waals surface area contributed by atoms with Crippen molar-refractivity contribution in [1.82, 2.24) is 9.97 Å². The Bertz CT molecular complexity index is 645. The number of carbonyl (C=O) groups is 1. The van der Waals surface area contributed by atoms with Gasteiger partial charge in [0.05, 0.1) is 11.8 Å². The van der Waals surface area contributed by atoms with Crippen LogP contribution in [-0.4, -0.2) is 22.4 Å². The van der Waals surface area contributed by atoms with E-state index in [9.17, 15) is 9.18 Å². The first-order valence-electron chi connectivity index (χ1n) is 6.73. The van der Waals surface area contributed by atoms with E-state index in [1.807, 2.05) is 13.8 Å². The minimum Gasteiger partial charge on any atom is -0.369 e. The van der Waals surface area contributed by atoms with Crippen LogP contribution in [0.3, 0.4) is 0 Å². The largest absolute Gasteiger partial charge is 0.369 e. The molecule has 2 N–H and O–H groups in total. The Morgan fingerprint density at radius 1 is 1.38 bits per heavy atom. The van der Waals surface area contributed by atoms with Crippen molar-refractivity contribution in [3.8, 4) is 0 Å². The highest BCUT2D eigenvalue weighted by atomic mass is 19.1. The topological polar surface area (TPSA) is 66.9 Å². The molecule has 0 aromatic carbocycles. The number of amides is 1. The van der Waals surface area contributed by atoms with Crippen molar-refractivity contribution in [2.75, 3.05) is 17.2 Å². The van der Waals surface area contributed by atoms with Crippen LogP contribution in [0.2, 0.25) is 0 Å². The summed E-state index contributed by atoms with van der Waals surface area (Å²) in [6.45, 7) is 4.49. The molecule has 0 unspecified atom stereocenters. The number of aryl methyl sites for hydroxylation is 1. The molecule has 6 heteroatoms. The van der Waals surface area contributed by atoms with E-state index in [1.165, 1.54) is 6.07 Å². The number of rotatable bonds is 5. The monoisotopic (exact) mass is 288 g/mol. The third-order valence-electron chi connectivity index (χ3n) is 2.91. The standard InChI is InChI=1S/C15H17FN4O/c1-3-5-18-14-12(7-11(16)9-19-14)15(21)20-13-4-6-17-8-10(13)2/h4,6-9H,3,5H2,1-2H3,(H,18,19)(H,17,20,21). The Hall–Kier alpha value is -2.50. The van der Waals surface area contributed by atoms with E-state index in [2.05, 4.69) is 20.6 Å². The molecule has 0 spiro atoms. The van der Waals surface area contributed by atoms with Crippen LogP contribution < -0.4 is 10.6 Å². The van der Waals surface area contributed by atoms with Crippen molar-refractivity contribution in [1.29, 1.82) is 0 Å². The zero-order valence-electron chi connectivity index (χ0n) is 12.0. The summed E-state index contributed by atoms with van der Waals surface area (Å²) < 4.78 is 13.4. The number of aromatic nitrogens is 2. The zero-order chi connectivity index (χ0) is 15.2. The lowest BCUT2D eigenvalue weighted by atomic mass is 10.2. The number of nitrogens with zero attached hydrogens (tertiary/aromatic N) is 2. The Morgan fingerprint density at radius 2 is 2.19 bits per heavy atom. The van der Waals surface area contributed by atoms with Gasteiger partial charge in [0.25, 0.3) is 5.91 Å². The van der Waals surface area contributed by atoms with Gasteiger partial charge in [-0.05, 0) is 31.0 Å². The molecule has 0 radical (unpaired) electrons. The third kappa shape index (κ3) is 3.75. The molecule has 110 valence electrons. The molecule has 2 heterocycles. The average molecular weight is 288 g/mol.